The molecule has 172 valence electrons. The van der Waals surface area contributed by atoms with Crippen molar-refractivity contribution in [3.8, 4) is 22.8 Å². The summed E-state index contributed by atoms with van der Waals surface area (Å²) >= 11 is 0. The first-order chi connectivity index (χ1) is 15.9. The third-order valence-electron chi connectivity index (χ3n) is 5.17. The standard InChI is InChI=1S/C23H26FN7O2/c1-30(2)5-6-33-21-11-22(32-4)19(9-17(21)25)29-23-10-18(26-13-27-23)15-7-14-12-28-31(3)20(14)8-16(15)24/h7-13H,5-6,25H2,1-4H3,(H,26,27,29). The summed E-state index contributed by atoms with van der Waals surface area (Å²) in [6.45, 7) is 1.25. The number of hydrogen-bond acceptors (Lipinski definition) is 8. The second-order valence-electron chi connectivity index (χ2n) is 7.81. The molecule has 2 heterocycles. The van der Waals surface area contributed by atoms with Gasteiger partial charge in [-0.05, 0) is 26.2 Å². The summed E-state index contributed by atoms with van der Waals surface area (Å²) in [7, 11) is 7.27. The number of likely N-dealkylation sites (N-methyl/N-ethyl adjacent to an activating group) is 1. The van der Waals surface area contributed by atoms with Crippen LogP contribution in [0.4, 0.5) is 21.6 Å². The van der Waals surface area contributed by atoms with Crippen LogP contribution in [0.5, 0.6) is 11.5 Å². The van der Waals surface area contributed by atoms with E-state index in [1.807, 2.05) is 19.0 Å². The monoisotopic (exact) mass is 451 g/mol. The Balaban J connectivity index is 1.61. The molecule has 0 amide bonds. The number of nitrogens with one attached hydrogen (secondary N) is 1. The molecule has 2 aromatic carbocycles. The highest BCUT2D eigenvalue weighted by atomic mass is 19.1. The van der Waals surface area contributed by atoms with Crippen LogP contribution in [0.15, 0.2) is 42.9 Å². The highest BCUT2D eigenvalue weighted by Gasteiger charge is 2.14. The Morgan fingerprint density at radius 3 is 2.70 bits per heavy atom. The molecule has 0 aliphatic carbocycles. The summed E-state index contributed by atoms with van der Waals surface area (Å²) in [5, 5.41) is 8.17. The number of aromatic nitrogens is 4. The van der Waals surface area contributed by atoms with Crippen molar-refractivity contribution in [3.63, 3.8) is 0 Å². The van der Waals surface area contributed by atoms with Crippen molar-refractivity contribution < 1.29 is 13.9 Å². The van der Waals surface area contributed by atoms with Gasteiger partial charge in [-0.25, -0.2) is 14.4 Å². The molecule has 2 aromatic heterocycles. The van der Waals surface area contributed by atoms with E-state index in [1.165, 1.54) is 12.4 Å². The number of ether oxygens (including phenoxy) is 2. The fraction of sp³-hybridized carbons (Fsp3) is 0.261. The van der Waals surface area contributed by atoms with Gasteiger partial charge in [-0.3, -0.25) is 4.68 Å². The summed E-state index contributed by atoms with van der Waals surface area (Å²) in [6, 6.07) is 8.28. The molecule has 0 atom stereocenters. The molecule has 10 heteroatoms. The summed E-state index contributed by atoms with van der Waals surface area (Å²) in [4.78, 5) is 10.5. The highest BCUT2D eigenvalue weighted by Crippen LogP contribution is 2.36. The minimum absolute atomic E-state index is 0.358. The second kappa shape index (κ2) is 9.29. The highest BCUT2D eigenvalue weighted by molar-refractivity contribution is 5.84. The van der Waals surface area contributed by atoms with E-state index >= 15 is 0 Å². The van der Waals surface area contributed by atoms with Crippen LogP contribution >= 0.6 is 0 Å². The number of nitrogens with zero attached hydrogens (tertiary/aromatic N) is 5. The Morgan fingerprint density at radius 1 is 1.12 bits per heavy atom. The number of methoxy groups -OCH3 is 1. The van der Waals surface area contributed by atoms with E-state index in [2.05, 4.69) is 20.4 Å². The lowest BCUT2D eigenvalue weighted by molar-refractivity contribution is 0.261. The molecule has 4 rings (SSSR count). The van der Waals surface area contributed by atoms with Crippen molar-refractivity contribution in [1.82, 2.24) is 24.6 Å². The molecular weight excluding hydrogens is 425 g/mol. The van der Waals surface area contributed by atoms with Gasteiger partial charge in [-0.15, -0.1) is 0 Å². The zero-order chi connectivity index (χ0) is 23.5. The van der Waals surface area contributed by atoms with Crippen LogP contribution in [0, 0.1) is 5.82 Å². The van der Waals surface area contributed by atoms with E-state index in [9.17, 15) is 4.39 Å². The number of benzene rings is 2. The van der Waals surface area contributed by atoms with Crippen LogP contribution in [0.2, 0.25) is 0 Å². The van der Waals surface area contributed by atoms with Gasteiger partial charge in [-0.2, -0.15) is 5.10 Å². The van der Waals surface area contributed by atoms with Gasteiger partial charge in [0.25, 0.3) is 0 Å². The predicted molar refractivity (Wildman–Crippen MR) is 126 cm³/mol. The first kappa shape index (κ1) is 22.3. The van der Waals surface area contributed by atoms with Gasteiger partial charge in [0.05, 0.1) is 35.9 Å². The second-order valence-corrected chi connectivity index (χ2v) is 7.81. The first-order valence-electron chi connectivity index (χ1n) is 10.3. The van der Waals surface area contributed by atoms with Gasteiger partial charge in [-0.1, -0.05) is 0 Å². The number of aryl methyl sites for hydroxylation is 1. The number of halogens is 1. The predicted octanol–water partition coefficient (Wildman–Crippen LogP) is 3.44. The zero-order valence-corrected chi connectivity index (χ0v) is 19.0. The molecule has 0 aliphatic heterocycles. The Labute approximate surface area is 191 Å². The summed E-state index contributed by atoms with van der Waals surface area (Å²) in [6.07, 6.45) is 3.06. The van der Waals surface area contributed by atoms with Gasteiger partial charge in [0.2, 0.25) is 0 Å². The average Bonchev–Trinajstić information content (AvgIpc) is 3.14. The van der Waals surface area contributed by atoms with Gasteiger partial charge in [0.1, 0.15) is 36.1 Å². The van der Waals surface area contributed by atoms with Crippen LogP contribution in [-0.4, -0.2) is 59.0 Å². The molecule has 0 saturated heterocycles. The molecule has 0 spiro atoms. The molecule has 9 nitrogen and oxygen atoms in total. The van der Waals surface area contributed by atoms with E-state index < -0.39 is 5.82 Å². The van der Waals surface area contributed by atoms with E-state index in [0.29, 0.717) is 52.1 Å². The molecular formula is C23H26FN7O2. The van der Waals surface area contributed by atoms with E-state index in [4.69, 9.17) is 15.2 Å². The molecule has 4 aromatic rings. The molecule has 0 aliphatic rings. The molecule has 3 N–H and O–H groups in total. The minimum atomic E-state index is -0.392. The topological polar surface area (TPSA) is 103 Å². The number of rotatable bonds is 8. The van der Waals surface area contributed by atoms with Crippen molar-refractivity contribution in [2.24, 2.45) is 7.05 Å². The number of nitrogens with two attached hydrogens (primary N) is 1. The number of nitrogen functional groups attached to an aromatic ring is 1. The number of anilines is 3. The normalized spacial score (nSPS) is 11.2. The average molecular weight is 452 g/mol. The molecule has 33 heavy (non-hydrogen) atoms. The molecule has 0 radical (unpaired) electrons. The van der Waals surface area contributed by atoms with Crippen molar-refractivity contribution in [1.29, 1.82) is 0 Å². The Kier molecular flexibility index (Phi) is 6.27. The van der Waals surface area contributed by atoms with E-state index in [0.717, 1.165) is 11.9 Å². The van der Waals surface area contributed by atoms with E-state index in [-0.39, 0.29) is 0 Å². The first-order valence-corrected chi connectivity index (χ1v) is 10.3. The Bertz CT molecular complexity index is 1290. The number of fused-ring (bicyclic) bond motifs is 1. The summed E-state index contributed by atoms with van der Waals surface area (Å²) < 4.78 is 27.7. The van der Waals surface area contributed by atoms with Crippen molar-refractivity contribution >= 4 is 28.1 Å². The van der Waals surface area contributed by atoms with Crippen molar-refractivity contribution in [2.75, 3.05) is 45.4 Å². The lowest BCUT2D eigenvalue weighted by Crippen LogP contribution is -2.19. The third kappa shape index (κ3) is 4.80. The van der Waals surface area contributed by atoms with Gasteiger partial charge in [0.15, 0.2) is 0 Å². The lowest BCUT2D eigenvalue weighted by Gasteiger charge is -2.16. The van der Waals surface area contributed by atoms with Gasteiger partial charge < -0.3 is 25.4 Å². The third-order valence-corrected chi connectivity index (χ3v) is 5.17. The Morgan fingerprint density at radius 2 is 1.94 bits per heavy atom. The maximum atomic E-state index is 14.8. The quantitative estimate of drug-likeness (QED) is 0.393. The van der Waals surface area contributed by atoms with Crippen LogP contribution in [-0.2, 0) is 7.05 Å². The molecule has 0 fully saturated rings. The number of hydrogen-bond donors (Lipinski definition) is 2. The van der Waals surface area contributed by atoms with Gasteiger partial charge >= 0.3 is 0 Å². The summed E-state index contributed by atoms with van der Waals surface area (Å²) in [5.41, 5.74) is 8.74. The van der Waals surface area contributed by atoms with Crippen molar-refractivity contribution in [3.05, 3.63) is 48.7 Å². The molecule has 0 saturated carbocycles. The van der Waals surface area contributed by atoms with Crippen LogP contribution in [0.1, 0.15) is 0 Å². The largest absolute Gasteiger partial charge is 0.494 e. The van der Waals surface area contributed by atoms with Crippen LogP contribution in [0.3, 0.4) is 0 Å². The fourth-order valence-electron chi connectivity index (χ4n) is 3.39. The molecule has 0 bridgehead atoms. The molecule has 0 unspecified atom stereocenters. The van der Waals surface area contributed by atoms with Gasteiger partial charge in [0, 0.05) is 42.7 Å². The maximum Gasteiger partial charge on any atom is 0.146 e. The minimum Gasteiger partial charge on any atom is -0.494 e. The van der Waals surface area contributed by atoms with E-state index in [1.54, 1.807) is 49.3 Å². The SMILES string of the molecule is COc1cc(OCCN(C)C)c(N)cc1Nc1cc(-c2cc3cnn(C)c3cc2F)ncn1. The van der Waals surface area contributed by atoms with Crippen molar-refractivity contribution in [2.45, 2.75) is 0 Å². The van der Waals surface area contributed by atoms with Crippen LogP contribution in [0.25, 0.3) is 22.2 Å². The summed E-state index contributed by atoms with van der Waals surface area (Å²) in [5.74, 6) is 1.14. The smallest absolute Gasteiger partial charge is 0.146 e. The Hall–Kier alpha value is -3.92. The fourth-order valence-corrected chi connectivity index (χ4v) is 3.39. The van der Waals surface area contributed by atoms with Crippen LogP contribution < -0.4 is 20.5 Å². The zero-order valence-electron chi connectivity index (χ0n) is 19.0. The lowest BCUT2D eigenvalue weighted by atomic mass is 10.1. The maximum absolute atomic E-state index is 14.8.